The number of likely N-dealkylation sites (N-methyl/N-ethyl adjacent to an activating group) is 1. The van der Waals surface area contributed by atoms with Gasteiger partial charge < -0.3 is 5.32 Å². The molecule has 0 aliphatic carbocycles. The van der Waals surface area contributed by atoms with Gasteiger partial charge in [0.2, 0.25) is 10.0 Å². The lowest BCUT2D eigenvalue weighted by atomic mass is 10.2. The van der Waals surface area contributed by atoms with Gasteiger partial charge in [0.15, 0.2) is 0 Å². The van der Waals surface area contributed by atoms with Crippen LogP contribution in [0.5, 0.6) is 0 Å². The number of hydrogen-bond acceptors (Lipinski definition) is 3. The molecule has 0 spiro atoms. The SMILES string of the molecule is CCN(CC1CCCN1)S(=O)(=O)c1ccc(Cl)cc1F. The zero-order valence-electron chi connectivity index (χ0n) is 11.3. The highest BCUT2D eigenvalue weighted by molar-refractivity contribution is 7.89. The van der Waals surface area contributed by atoms with Crippen LogP contribution in [0.15, 0.2) is 23.1 Å². The van der Waals surface area contributed by atoms with Gasteiger partial charge in [-0.15, -0.1) is 0 Å². The van der Waals surface area contributed by atoms with E-state index in [9.17, 15) is 12.8 Å². The van der Waals surface area contributed by atoms with Gasteiger partial charge in [0.05, 0.1) is 0 Å². The molecule has 0 bridgehead atoms. The Bertz CT molecular complexity index is 574. The van der Waals surface area contributed by atoms with E-state index in [1.807, 2.05) is 0 Å². The number of hydrogen-bond donors (Lipinski definition) is 1. The molecular weight excluding hydrogens is 303 g/mol. The minimum Gasteiger partial charge on any atom is -0.313 e. The van der Waals surface area contributed by atoms with Crippen molar-refractivity contribution in [3.8, 4) is 0 Å². The van der Waals surface area contributed by atoms with Crippen LogP contribution in [0.1, 0.15) is 19.8 Å². The first kappa shape index (κ1) is 15.7. The van der Waals surface area contributed by atoms with Gasteiger partial charge in [-0.2, -0.15) is 4.31 Å². The standard InChI is InChI=1S/C13H18ClFN2O2S/c1-2-17(9-11-4-3-7-16-11)20(18,19)13-6-5-10(14)8-12(13)15/h5-6,8,11,16H,2-4,7,9H2,1H3. The molecule has 0 radical (unpaired) electrons. The van der Waals surface area contributed by atoms with E-state index in [1.165, 1.54) is 16.4 Å². The number of halogens is 2. The fourth-order valence-electron chi connectivity index (χ4n) is 2.38. The quantitative estimate of drug-likeness (QED) is 0.905. The third kappa shape index (κ3) is 3.31. The Balaban J connectivity index is 2.26. The highest BCUT2D eigenvalue weighted by Gasteiger charge is 2.29. The van der Waals surface area contributed by atoms with Gasteiger partial charge in [-0.25, -0.2) is 12.8 Å². The van der Waals surface area contributed by atoms with E-state index in [0.29, 0.717) is 13.1 Å². The molecule has 20 heavy (non-hydrogen) atoms. The van der Waals surface area contributed by atoms with Gasteiger partial charge in [-0.3, -0.25) is 0 Å². The second-order valence-electron chi connectivity index (χ2n) is 4.82. The topological polar surface area (TPSA) is 49.4 Å². The fourth-order valence-corrected chi connectivity index (χ4v) is 4.08. The minimum atomic E-state index is -3.83. The van der Waals surface area contributed by atoms with Crippen LogP contribution in [-0.2, 0) is 10.0 Å². The van der Waals surface area contributed by atoms with Crippen molar-refractivity contribution >= 4 is 21.6 Å². The van der Waals surface area contributed by atoms with Gasteiger partial charge in [0.25, 0.3) is 0 Å². The fraction of sp³-hybridized carbons (Fsp3) is 0.538. The maximum absolute atomic E-state index is 13.9. The average Bonchev–Trinajstić information content (AvgIpc) is 2.88. The van der Waals surface area contributed by atoms with Crippen LogP contribution in [-0.4, -0.2) is 38.4 Å². The third-order valence-electron chi connectivity index (χ3n) is 3.45. The van der Waals surface area contributed by atoms with E-state index in [1.54, 1.807) is 6.92 Å². The smallest absolute Gasteiger partial charge is 0.246 e. The molecule has 1 atom stereocenters. The summed E-state index contributed by atoms with van der Waals surface area (Å²) < 4.78 is 40.2. The van der Waals surface area contributed by atoms with Gasteiger partial charge in [0.1, 0.15) is 10.7 Å². The number of rotatable bonds is 5. The van der Waals surface area contributed by atoms with Crippen molar-refractivity contribution in [1.82, 2.24) is 9.62 Å². The number of sulfonamides is 1. The van der Waals surface area contributed by atoms with Gasteiger partial charge in [0, 0.05) is 24.2 Å². The summed E-state index contributed by atoms with van der Waals surface area (Å²) in [7, 11) is -3.83. The van der Waals surface area contributed by atoms with Crippen molar-refractivity contribution < 1.29 is 12.8 Å². The van der Waals surface area contributed by atoms with Crippen molar-refractivity contribution in [2.45, 2.75) is 30.7 Å². The van der Waals surface area contributed by atoms with E-state index in [2.05, 4.69) is 5.32 Å². The molecule has 1 saturated heterocycles. The molecule has 1 aliphatic rings. The Morgan fingerprint density at radius 3 is 2.80 bits per heavy atom. The summed E-state index contributed by atoms with van der Waals surface area (Å²) in [5.41, 5.74) is 0. The molecule has 1 aromatic carbocycles. The number of nitrogens with one attached hydrogen (secondary N) is 1. The van der Waals surface area contributed by atoms with Crippen molar-refractivity contribution in [3.63, 3.8) is 0 Å². The number of nitrogens with zero attached hydrogens (tertiary/aromatic N) is 1. The lowest BCUT2D eigenvalue weighted by Gasteiger charge is -2.24. The first-order valence-corrected chi connectivity index (χ1v) is 8.45. The summed E-state index contributed by atoms with van der Waals surface area (Å²) in [6.45, 7) is 3.32. The summed E-state index contributed by atoms with van der Waals surface area (Å²) in [5, 5.41) is 3.43. The highest BCUT2D eigenvalue weighted by atomic mass is 35.5. The molecule has 0 saturated carbocycles. The van der Waals surface area contributed by atoms with E-state index < -0.39 is 15.8 Å². The summed E-state index contributed by atoms with van der Waals surface area (Å²) >= 11 is 5.66. The van der Waals surface area contributed by atoms with Crippen LogP contribution in [0, 0.1) is 5.82 Å². The first-order chi connectivity index (χ1) is 9.45. The Labute approximate surface area is 124 Å². The van der Waals surface area contributed by atoms with Crippen LogP contribution >= 0.6 is 11.6 Å². The Kier molecular flexibility index (Phi) is 5.01. The van der Waals surface area contributed by atoms with Crippen LogP contribution in [0.3, 0.4) is 0 Å². The minimum absolute atomic E-state index is 0.139. The molecular formula is C13H18ClFN2O2S. The lowest BCUT2D eigenvalue weighted by Crippen LogP contribution is -2.41. The van der Waals surface area contributed by atoms with Crippen molar-refractivity contribution in [2.75, 3.05) is 19.6 Å². The van der Waals surface area contributed by atoms with Gasteiger partial charge in [-0.05, 0) is 37.6 Å². The largest absolute Gasteiger partial charge is 0.313 e. The summed E-state index contributed by atoms with van der Waals surface area (Å²) in [5.74, 6) is -0.810. The second kappa shape index (κ2) is 6.39. The van der Waals surface area contributed by atoms with E-state index in [-0.39, 0.29) is 16.0 Å². The average molecular weight is 321 g/mol. The highest BCUT2D eigenvalue weighted by Crippen LogP contribution is 2.23. The zero-order chi connectivity index (χ0) is 14.8. The predicted octanol–water partition coefficient (Wildman–Crippen LogP) is 2.24. The van der Waals surface area contributed by atoms with Crippen LogP contribution in [0.2, 0.25) is 5.02 Å². The summed E-state index contributed by atoms with van der Waals surface area (Å²) in [6, 6.07) is 3.77. The first-order valence-electron chi connectivity index (χ1n) is 6.63. The molecule has 112 valence electrons. The molecule has 2 rings (SSSR count). The molecule has 7 heteroatoms. The second-order valence-corrected chi connectivity index (χ2v) is 7.17. The number of benzene rings is 1. The third-order valence-corrected chi connectivity index (χ3v) is 5.66. The maximum atomic E-state index is 13.9. The van der Waals surface area contributed by atoms with Crippen LogP contribution in [0.25, 0.3) is 0 Å². The molecule has 1 aliphatic heterocycles. The molecule has 4 nitrogen and oxygen atoms in total. The van der Waals surface area contributed by atoms with Crippen molar-refractivity contribution in [1.29, 1.82) is 0 Å². The lowest BCUT2D eigenvalue weighted by molar-refractivity contribution is 0.380. The normalized spacial score (nSPS) is 19.7. The predicted molar refractivity (Wildman–Crippen MR) is 76.9 cm³/mol. The molecule has 1 heterocycles. The molecule has 1 N–H and O–H groups in total. The van der Waals surface area contributed by atoms with Gasteiger partial charge >= 0.3 is 0 Å². The van der Waals surface area contributed by atoms with Crippen molar-refractivity contribution in [3.05, 3.63) is 29.0 Å². The van der Waals surface area contributed by atoms with Crippen molar-refractivity contribution in [2.24, 2.45) is 0 Å². The van der Waals surface area contributed by atoms with E-state index in [0.717, 1.165) is 25.5 Å². The Hall–Kier alpha value is -0.690. The molecule has 1 fully saturated rings. The van der Waals surface area contributed by atoms with E-state index >= 15 is 0 Å². The monoisotopic (exact) mass is 320 g/mol. The maximum Gasteiger partial charge on any atom is 0.246 e. The molecule has 0 aromatic heterocycles. The van der Waals surface area contributed by atoms with E-state index in [4.69, 9.17) is 11.6 Å². The summed E-state index contributed by atoms with van der Waals surface area (Å²) in [4.78, 5) is -0.318. The Morgan fingerprint density at radius 2 is 2.25 bits per heavy atom. The van der Waals surface area contributed by atoms with Gasteiger partial charge in [-0.1, -0.05) is 18.5 Å². The Morgan fingerprint density at radius 1 is 1.50 bits per heavy atom. The molecule has 1 unspecified atom stereocenters. The summed E-state index contributed by atoms with van der Waals surface area (Å²) in [6.07, 6.45) is 1.98. The van der Waals surface area contributed by atoms with Crippen LogP contribution in [0.4, 0.5) is 4.39 Å². The van der Waals surface area contributed by atoms with Crippen LogP contribution < -0.4 is 5.32 Å². The molecule has 1 aromatic rings. The zero-order valence-corrected chi connectivity index (χ0v) is 12.8. The molecule has 0 amide bonds.